The molecule has 0 unspecified atom stereocenters. The molecule has 2 atom stereocenters. The van der Waals surface area contributed by atoms with E-state index in [1.54, 1.807) is 36.1 Å². The Morgan fingerprint density at radius 2 is 1.88 bits per heavy atom. The molecule has 224 valence electrons. The third kappa shape index (κ3) is 4.97. The number of hydrogen-bond acceptors (Lipinski definition) is 6. The van der Waals surface area contributed by atoms with Crippen molar-refractivity contribution < 1.29 is 30.8 Å². The molecule has 3 heterocycles. The summed E-state index contributed by atoms with van der Waals surface area (Å²) in [5, 5.41) is 8.35. The summed E-state index contributed by atoms with van der Waals surface area (Å²) in [6.45, 7) is 0. The minimum atomic E-state index is -4.68. The zero-order valence-electron chi connectivity index (χ0n) is 23.1. The molecule has 9 nitrogen and oxygen atoms in total. The Labute approximate surface area is 244 Å². The molecule has 2 aliphatic rings. The lowest BCUT2D eigenvalue weighted by atomic mass is 9.60. The first-order valence-electron chi connectivity index (χ1n) is 13.4. The van der Waals surface area contributed by atoms with Crippen molar-refractivity contribution >= 4 is 21.9 Å². The van der Waals surface area contributed by atoms with Gasteiger partial charge in [-0.2, -0.15) is 27.7 Å². The van der Waals surface area contributed by atoms with Crippen molar-refractivity contribution in [1.29, 1.82) is 0 Å². The second-order valence-corrected chi connectivity index (χ2v) is 12.8. The van der Waals surface area contributed by atoms with Crippen LogP contribution in [-0.4, -0.2) is 56.1 Å². The number of alkyl halides is 3. The number of nitrogens with zero attached hydrogens (tertiary/aromatic N) is 6. The Hall–Kier alpha value is -4.17. The fourth-order valence-corrected chi connectivity index (χ4v) is 7.37. The van der Waals surface area contributed by atoms with Gasteiger partial charge in [-0.25, -0.2) is 17.5 Å². The Kier molecular flexibility index (Phi) is 6.88. The van der Waals surface area contributed by atoms with E-state index in [4.69, 9.17) is 0 Å². The maximum Gasteiger partial charge on any atom is 0.416 e. The number of ketones is 1. The van der Waals surface area contributed by atoms with Gasteiger partial charge in [0, 0.05) is 32.5 Å². The Morgan fingerprint density at radius 1 is 1.14 bits per heavy atom. The van der Waals surface area contributed by atoms with Gasteiger partial charge in [0.2, 0.25) is 0 Å². The molecule has 0 radical (unpaired) electrons. The monoisotopic (exact) mass is 614 g/mol. The van der Waals surface area contributed by atoms with Crippen LogP contribution < -0.4 is 0 Å². The van der Waals surface area contributed by atoms with Crippen molar-refractivity contribution in [3.05, 3.63) is 95.0 Å². The van der Waals surface area contributed by atoms with E-state index in [0.29, 0.717) is 35.4 Å². The minimum Gasteiger partial charge on any atom is -0.291 e. The molecule has 6 rings (SSSR count). The van der Waals surface area contributed by atoms with Crippen LogP contribution in [-0.2, 0) is 29.7 Å². The number of allylic oxidation sites excluding steroid dienone is 1. The van der Waals surface area contributed by atoms with Gasteiger partial charge in [0.25, 0.3) is 10.0 Å². The number of pyridine rings is 1. The first-order valence-corrected chi connectivity index (χ1v) is 14.8. The highest BCUT2D eigenvalue weighted by atomic mass is 32.2. The molecule has 4 aromatic rings. The lowest BCUT2D eigenvalue weighted by Crippen LogP contribution is -2.49. The van der Waals surface area contributed by atoms with E-state index in [-0.39, 0.29) is 23.6 Å². The van der Waals surface area contributed by atoms with Crippen molar-refractivity contribution in [3.63, 3.8) is 0 Å². The van der Waals surface area contributed by atoms with Gasteiger partial charge in [0.1, 0.15) is 11.5 Å². The van der Waals surface area contributed by atoms with Gasteiger partial charge in [-0.15, -0.1) is 0 Å². The second-order valence-electron chi connectivity index (χ2n) is 10.9. The van der Waals surface area contributed by atoms with E-state index >= 15 is 0 Å². The number of aromatic nitrogens is 5. The summed E-state index contributed by atoms with van der Waals surface area (Å²) in [6.07, 6.45) is 1.88. The predicted octanol–water partition coefficient (Wildman–Crippen LogP) is 4.84. The predicted molar refractivity (Wildman–Crippen MR) is 147 cm³/mol. The average molecular weight is 615 g/mol. The molecule has 14 heteroatoms. The maximum atomic E-state index is 14.3. The number of carbonyl (C=O) groups is 1. The highest BCUT2D eigenvalue weighted by molar-refractivity contribution is 7.89. The Balaban J connectivity index is 1.44. The van der Waals surface area contributed by atoms with Gasteiger partial charge in [-0.1, -0.05) is 5.57 Å². The molecule has 0 aliphatic heterocycles. The van der Waals surface area contributed by atoms with Gasteiger partial charge in [0.05, 0.1) is 28.6 Å². The fourth-order valence-electron chi connectivity index (χ4n) is 6.03. The van der Waals surface area contributed by atoms with Crippen molar-refractivity contribution in [2.75, 3.05) is 7.05 Å². The molecule has 0 N–H and O–H groups in total. The largest absolute Gasteiger partial charge is 0.416 e. The van der Waals surface area contributed by atoms with Gasteiger partial charge >= 0.3 is 6.18 Å². The Bertz CT molecular complexity index is 1860. The van der Waals surface area contributed by atoms with Crippen molar-refractivity contribution in [3.8, 4) is 5.69 Å². The standard InChI is InChI=1S/C29H26F4N6O3S/c1-37-12-10-26(36-37)43(41,42)38(2)23-6-3-19-14-25-18(17-35-39(25)22-7-4-21(30)5-8-22)15-28(19,16-23)27(40)24-13-20(9-11-34-24)29(31,32)33/h4-5,7-14,17,23H,3,6,15-16H2,1-2H3/t23-,28-/m0/s1. The first kappa shape index (κ1) is 28.9. The van der Waals surface area contributed by atoms with E-state index in [2.05, 4.69) is 15.2 Å². The van der Waals surface area contributed by atoms with E-state index < -0.39 is 44.8 Å². The van der Waals surface area contributed by atoms with Crippen LogP contribution in [0, 0.1) is 11.2 Å². The molecule has 0 saturated heterocycles. The molecular weight excluding hydrogens is 588 g/mol. The summed E-state index contributed by atoms with van der Waals surface area (Å²) in [5.41, 5.74) is -0.195. The van der Waals surface area contributed by atoms with E-state index in [9.17, 15) is 30.8 Å². The number of carbonyl (C=O) groups excluding carboxylic acids is 1. The van der Waals surface area contributed by atoms with Gasteiger partial charge in [-0.3, -0.25) is 14.5 Å². The first-order chi connectivity index (χ1) is 20.3. The molecule has 43 heavy (non-hydrogen) atoms. The maximum absolute atomic E-state index is 14.3. The molecule has 2 aliphatic carbocycles. The third-order valence-electron chi connectivity index (χ3n) is 8.31. The van der Waals surface area contributed by atoms with Crippen LogP contribution in [0.4, 0.5) is 17.6 Å². The molecule has 3 aromatic heterocycles. The molecule has 0 bridgehead atoms. The van der Waals surface area contributed by atoms with Crippen LogP contribution in [0.1, 0.15) is 46.6 Å². The Morgan fingerprint density at radius 3 is 2.56 bits per heavy atom. The molecular formula is C29H26F4N6O3S. The zero-order chi connectivity index (χ0) is 30.7. The van der Waals surface area contributed by atoms with Crippen molar-refractivity contribution in [1.82, 2.24) is 28.9 Å². The zero-order valence-corrected chi connectivity index (χ0v) is 23.9. The number of Topliss-reactive ketones (excluding diaryl/α,β-unsaturated/α-hetero) is 1. The van der Waals surface area contributed by atoms with Crippen LogP contribution in [0.5, 0.6) is 0 Å². The lowest BCUT2D eigenvalue weighted by Gasteiger charge is -2.45. The summed E-state index contributed by atoms with van der Waals surface area (Å²) >= 11 is 0. The van der Waals surface area contributed by atoms with Gasteiger partial charge in [0.15, 0.2) is 10.8 Å². The van der Waals surface area contributed by atoms with Crippen LogP contribution in [0.25, 0.3) is 11.8 Å². The lowest BCUT2D eigenvalue weighted by molar-refractivity contribution is -0.137. The third-order valence-corrected chi connectivity index (χ3v) is 10.1. The number of fused-ring (bicyclic) bond motifs is 2. The molecule has 1 aromatic carbocycles. The molecule has 1 fully saturated rings. The van der Waals surface area contributed by atoms with Crippen LogP contribution in [0.15, 0.2) is 71.7 Å². The average Bonchev–Trinajstić information content (AvgIpc) is 3.61. The number of aryl methyl sites for hydroxylation is 1. The highest BCUT2D eigenvalue weighted by Crippen LogP contribution is 2.51. The quantitative estimate of drug-likeness (QED) is 0.228. The normalized spacial score (nSPS) is 20.4. The second kappa shape index (κ2) is 10.2. The number of hydrogen-bond donors (Lipinski definition) is 0. The number of rotatable bonds is 6. The number of sulfonamides is 1. The van der Waals surface area contributed by atoms with Crippen LogP contribution >= 0.6 is 0 Å². The fraction of sp³-hybridized carbons (Fsp3) is 0.310. The van der Waals surface area contributed by atoms with Crippen molar-refractivity contribution in [2.45, 2.75) is 42.9 Å². The number of benzene rings is 1. The van der Waals surface area contributed by atoms with Crippen LogP contribution in [0.2, 0.25) is 0 Å². The minimum absolute atomic E-state index is 0.0132. The molecule has 0 amide bonds. The van der Waals surface area contributed by atoms with Crippen LogP contribution in [0.3, 0.4) is 0 Å². The summed E-state index contributed by atoms with van der Waals surface area (Å²) in [5.74, 6) is -1.04. The topological polar surface area (TPSA) is 103 Å². The van der Waals surface area contributed by atoms with Crippen molar-refractivity contribution in [2.24, 2.45) is 12.5 Å². The van der Waals surface area contributed by atoms with E-state index in [0.717, 1.165) is 18.3 Å². The summed E-state index contributed by atoms with van der Waals surface area (Å²) in [7, 11) is -1.02. The smallest absolute Gasteiger partial charge is 0.291 e. The summed E-state index contributed by atoms with van der Waals surface area (Å²) in [6, 6.07) is 7.99. The van der Waals surface area contributed by atoms with E-state index in [1.165, 1.54) is 40.4 Å². The summed E-state index contributed by atoms with van der Waals surface area (Å²) in [4.78, 5) is 18.3. The van der Waals surface area contributed by atoms with Gasteiger partial charge < -0.3 is 0 Å². The highest BCUT2D eigenvalue weighted by Gasteiger charge is 2.51. The number of halogens is 4. The summed E-state index contributed by atoms with van der Waals surface area (Å²) < 4.78 is 85.4. The molecule has 1 saturated carbocycles. The van der Waals surface area contributed by atoms with E-state index in [1.807, 2.05) is 0 Å². The SMILES string of the molecule is CN([C@H]1CCC2=Cc3c(cnn3-c3ccc(F)cc3)C[C@]2(C(=O)c2cc(C(F)(F)F)ccn2)C1)S(=O)(=O)c1ccn(C)n1. The molecule has 0 spiro atoms. The van der Waals surface area contributed by atoms with Gasteiger partial charge in [-0.05, 0) is 79.8 Å².